The second-order valence-electron chi connectivity index (χ2n) is 8.33. The molecular formula is C23H18N4O11S3. The minimum atomic E-state index is -4.94. The van der Waals surface area contributed by atoms with Crippen LogP contribution in [0.25, 0.3) is 10.8 Å². The third kappa shape index (κ3) is 6.48. The van der Waals surface area contributed by atoms with Crippen LogP contribution in [-0.4, -0.2) is 49.9 Å². The van der Waals surface area contributed by atoms with Gasteiger partial charge in [-0.15, -0.1) is 10.2 Å². The van der Waals surface area contributed by atoms with E-state index in [1.54, 1.807) is 0 Å². The molecule has 41 heavy (non-hydrogen) atoms. The molecular weight excluding hydrogens is 604 g/mol. The molecule has 0 fully saturated rings. The second-order valence-corrected chi connectivity index (χ2v) is 12.6. The predicted molar refractivity (Wildman–Crippen MR) is 144 cm³/mol. The van der Waals surface area contributed by atoms with Crippen LogP contribution in [0.1, 0.15) is 10.4 Å². The molecule has 0 bridgehead atoms. The van der Waals surface area contributed by atoms with Crippen LogP contribution in [0.15, 0.2) is 91.6 Å². The highest BCUT2D eigenvalue weighted by atomic mass is 32.2. The molecule has 4 aromatic carbocycles. The molecule has 0 radical (unpaired) electrons. The Labute approximate surface area is 232 Å². The van der Waals surface area contributed by atoms with Gasteiger partial charge in [0.15, 0.2) is 0 Å². The first-order valence-corrected chi connectivity index (χ1v) is 15.2. The normalized spacial score (nSPS) is 12.6. The summed E-state index contributed by atoms with van der Waals surface area (Å²) in [5, 5.41) is 20.5. The fraction of sp³-hybridized carbons (Fsp3) is 0. The number of rotatable bonds is 7. The maximum atomic E-state index is 12.5. The van der Waals surface area contributed by atoms with Crippen molar-refractivity contribution in [1.82, 2.24) is 0 Å². The molecule has 15 nitrogen and oxygen atoms in total. The van der Waals surface area contributed by atoms with Gasteiger partial charge in [0.2, 0.25) is 0 Å². The van der Waals surface area contributed by atoms with Gasteiger partial charge in [-0.1, -0.05) is 6.07 Å². The Hall–Kier alpha value is -4.46. The lowest BCUT2D eigenvalue weighted by Crippen LogP contribution is -2.12. The van der Waals surface area contributed by atoms with Crippen molar-refractivity contribution >= 4 is 69.8 Å². The van der Waals surface area contributed by atoms with E-state index in [-0.39, 0.29) is 33.4 Å². The molecule has 0 heterocycles. The van der Waals surface area contributed by atoms with E-state index >= 15 is 0 Å². The Balaban J connectivity index is 1.71. The van der Waals surface area contributed by atoms with E-state index in [4.69, 9.17) is 10.3 Å². The summed E-state index contributed by atoms with van der Waals surface area (Å²) in [5.41, 5.74) is 5.14. The van der Waals surface area contributed by atoms with Crippen LogP contribution in [-0.2, 0) is 30.4 Å². The Morgan fingerprint density at radius 2 is 1.37 bits per heavy atom. The quantitative estimate of drug-likeness (QED) is 0.0982. The van der Waals surface area contributed by atoms with Crippen molar-refractivity contribution in [3.8, 4) is 5.75 Å². The smallest absolute Gasteiger partial charge is 0.296 e. The third-order valence-corrected chi connectivity index (χ3v) is 8.12. The number of anilines is 2. The Kier molecular flexibility index (Phi) is 7.56. The number of fused-ring (bicyclic) bond motifs is 1. The fourth-order valence-electron chi connectivity index (χ4n) is 3.64. The van der Waals surface area contributed by atoms with E-state index < -0.39 is 62.4 Å². The highest BCUT2D eigenvalue weighted by Crippen LogP contribution is 2.41. The average Bonchev–Trinajstić information content (AvgIpc) is 2.87. The van der Waals surface area contributed by atoms with Crippen LogP contribution in [0.2, 0.25) is 0 Å². The van der Waals surface area contributed by atoms with E-state index in [0.717, 1.165) is 48.5 Å². The summed E-state index contributed by atoms with van der Waals surface area (Å²) in [7, 11) is -14.1. The van der Waals surface area contributed by atoms with Gasteiger partial charge in [-0.2, -0.15) is 25.3 Å². The number of nitrogens with two attached hydrogens (primary N) is 1. The molecule has 18 heteroatoms. The van der Waals surface area contributed by atoms with Gasteiger partial charge in [0.05, 0.1) is 20.9 Å². The molecule has 0 saturated heterocycles. The number of aromatic hydroxyl groups is 1. The van der Waals surface area contributed by atoms with Crippen molar-refractivity contribution in [2.75, 3.05) is 11.1 Å². The highest BCUT2D eigenvalue weighted by molar-refractivity contribution is 7.86. The molecule has 4 aromatic rings. The number of benzene rings is 4. The summed E-state index contributed by atoms with van der Waals surface area (Å²) in [5.74, 6) is -1.42. The van der Waals surface area contributed by atoms with Crippen molar-refractivity contribution in [2.45, 2.75) is 14.7 Å². The number of carbonyl (C=O) groups is 1. The zero-order valence-electron chi connectivity index (χ0n) is 20.2. The number of hydrogen-bond acceptors (Lipinski definition) is 11. The first kappa shape index (κ1) is 29.5. The maximum Gasteiger partial charge on any atom is 0.296 e. The van der Waals surface area contributed by atoms with E-state index in [9.17, 15) is 44.3 Å². The minimum absolute atomic E-state index is 0.0436. The Morgan fingerprint density at radius 3 is 1.95 bits per heavy atom. The number of phenolic OH excluding ortho intramolecular Hbond substituents is 1. The number of nitrogens with zero attached hydrogens (tertiary/aromatic N) is 2. The van der Waals surface area contributed by atoms with E-state index in [1.165, 1.54) is 18.2 Å². The summed E-state index contributed by atoms with van der Waals surface area (Å²) in [6.45, 7) is 0. The highest BCUT2D eigenvalue weighted by Gasteiger charge is 2.20. The van der Waals surface area contributed by atoms with Gasteiger partial charge >= 0.3 is 0 Å². The molecule has 0 spiro atoms. The number of amides is 1. The maximum absolute atomic E-state index is 12.5. The monoisotopic (exact) mass is 622 g/mol. The molecule has 0 aliphatic carbocycles. The number of carbonyl (C=O) groups excluding carboxylic acids is 1. The van der Waals surface area contributed by atoms with Crippen molar-refractivity contribution in [3.63, 3.8) is 0 Å². The van der Waals surface area contributed by atoms with Crippen LogP contribution in [0.4, 0.5) is 22.7 Å². The van der Waals surface area contributed by atoms with Gasteiger partial charge in [-0.05, 0) is 60.0 Å². The lowest BCUT2D eigenvalue weighted by Gasteiger charge is -2.10. The average molecular weight is 623 g/mol. The van der Waals surface area contributed by atoms with Gasteiger partial charge in [-0.25, -0.2) is 0 Å². The number of phenols is 1. The third-order valence-electron chi connectivity index (χ3n) is 5.54. The van der Waals surface area contributed by atoms with Crippen molar-refractivity contribution in [1.29, 1.82) is 0 Å². The number of nitrogens with one attached hydrogen (secondary N) is 1. The van der Waals surface area contributed by atoms with Crippen LogP contribution in [0, 0.1) is 0 Å². The van der Waals surface area contributed by atoms with Gasteiger partial charge in [-0.3, -0.25) is 18.5 Å². The number of azo groups is 1. The van der Waals surface area contributed by atoms with Crippen molar-refractivity contribution < 1.29 is 48.8 Å². The largest absolute Gasteiger partial charge is 0.507 e. The first-order chi connectivity index (χ1) is 18.9. The molecule has 0 atom stereocenters. The SMILES string of the molecule is Nc1ccc2cc(S(=O)(=O)O)cc(O)c2c1N=Nc1ccc(NC(=O)c2ccc(S(=O)(=O)O)cc2)cc1S(=O)(=O)O. The molecule has 0 aromatic heterocycles. The summed E-state index contributed by atoms with van der Waals surface area (Å²) in [4.78, 5) is 10.7. The van der Waals surface area contributed by atoms with Crippen LogP contribution in [0.5, 0.6) is 5.75 Å². The van der Waals surface area contributed by atoms with Gasteiger partial charge in [0, 0.05) is 17.3 Å². The van der Waals surface area contributed by atoms with Crippen LogP contribution >= 0.6 is 0 Å². The lowest BCUT2D eigenvalue weighted by atomic mass is 10.1. The fourth-order valence-corrected chi connectivity index (χ4v) is 5.30. The summed E-state index contributed by atoms with van der Waals surface area (Å²) < 4.78 is 97.6. The predicted octanol–water partition coefficient (Wildman–Crippen LogP) is 3.54. The van der Waals surface area contributed by atoms with Crippen molar-refractivity contribution in [2.24, 2.45) is 10.2 Å². The zero-order chi connectivity index (χ0) is 30.3. The molecule has 0 saturated carbocycles. The topological polar surface area (TPSA) is 263 Å². The number of nitrogen functional groups attached to an aromatic ring is 1. The van der Waals surface area contributed by atoms with E-state index in [2.05, 4.69) is 15.5 Å². The van der Waals surface area contributed by atoms with Crippen LogP contribution < -0.4 is 11.1 Å². The molecule has 214 valence electrons. The lowest BCUT2D eigenvalue weighted by molar-refractivity contribution is 0.102. The number of hydrogen-bond donors (Lipinski definition) is 6. The first-order valence-electron chi connectivity index (χ1n) is 10.9. The van der Waals surface area contributed by atoms with Gasteiger partial charge < -0.3 is 16.2 Å². The standard InChI is InChI=1S/C23H18N4O11S3/c24-17-7-3-13-9-16(40(33,34)35)11-19(28)21(13)22(17)27-26-18-8-4-14(10-20(18)41(36,37)38)25-23(29)12-1-5-15(6-2-12)39(30,31)32/h1-11,28H,24H2,(H,25,29)(H,30,31,32)(H,33,34,35)(H,36,37,38). The van der Waals surface area contributed by atoms with E-state index in [0.29, 0.717) is 0 Å². The minimum Gasteiger partial charge on any atom is -0.507 e. The summed E-state index contributed by atoms with van der Waals surface area (Å²) in [6.07, 6.45) is 0. The van der Waals surface area contributed by atoms with E-state index in [1.807, 2.05) is 0 Å². The van der Waals surface area contributed by atoms with Gasteiger partial charge in [0.1, 0.15) is 22.0 Å². The zero-order valence-corrected chi connectivity index (χ0v) is 22.6. The second kappa shape index (κ2) is 10.5. The molecule has 0 aliphatic rings. The molecule has 1 amide bonds. The molecule has 0 unspecified atom stereocenters. The van der Waals surface area contributed by atoms with Crippen molar-refractivity contribution in [3.05, 3.63) is 72.3 Å². The molecule has 7 N–H and O–H groups in total. The molecule has 4 rings (SSSR count). The summed E-state index contributed by atoms with van der Waals surface area (Å²) >= 11 is 0. The van der Waals surface area contributed by atoms with Crippen LogP contribution in [0.3, 0.4) is 0 Å². The molecule has 0 aliphatic heterocycles. The van der Waals surface area contributed by atoms with Gasteiger partial charge in [0.25, 0.3) is 36.3 Å². The summed E-state index contributed by atoms with van der Waals surface area (Å²) in [6, 6.07) is 11.8. The Morgan fingerprint density at radius 1 is 0.732 bits per heavy atom. The Bertz CT molecular complexity index is 2080.